The van der Waals surface area contributed by atoms with E-state index in [1.165, 1.54) is 20.8 Å². The molecule has 2 aliphatic carbocycles. The maximum atomic E-state index is 13.4. The van der Waals surface area contributed by atoms with Crippen LogP contribution in [0.4, 0.5) is 5.00 Å². The molecule has 34 heavy (non-hydrogen) atoms. The number of aryl methyl sites for hydroxylation is 3. The Morgan fingerprint density at radius 2 is 1.94 bits per heavy atom. The number of anilines is 1. The largest absolute Gasteiger partial charge is 0.462 e. The number of hydrogen-bond donors (Lipinski definition) is 1. The average Bonchev–Trinajstić information content (AvgIpc) is 3.33. The lowest BCUT2D eigenvalue weighted by molar-refractivity contribution is -0.116. The predicted octanol–water partition coefficient (Wildman–Crippen LogP) is 4.65. The number of aromatic nitrogens is 2. The molecule has 180 valence electrons. The van der Waals surface area contributed by atoms with Gasteiger partial charge in [0.1, 0.15) is 22.2 Å². The molecule has 0 spiro atoms. The molecule has 2 aliphatic rings. The van der Waals surface area contributed by atoms with E-state index < -0.39 is 5.97 Å². The van der Waals surface area contributed by atoms with Gasteiger partial charge in [0.2, 0.25) is 5.91 Å². The molecule has 7 nitrogen and oxygen atoms in total. The summed E-state index contributed by atoms with van der Waals surface area (Å²) in [5.41, 5.74) is 2.44. The highest BCUT2D eigenvalue weighted by atomic mass is 32.1. The van der Waals surface area contributed by atoms with E-state index in [-0.39, 0.29) is 24.6 Å². The molecule has 1 N–H and O–H groups in total. The second kappa shape index (κ2) is 9.26. The first-order valence-corrected chi connectivity index (χ1v) is 13.6. The summed E-state index contributed by atoms with van der Waals surface area (Å²) in [6.45, 7) is 5.88. The number of ether oxygens (including phenoxy) is 1. The molecule has 3 heterocycles. The maximum Gasteiger partial charge on any atom is 0.341 e. The minimum atomic E-state index is -0.397. The van der Waals surface area contributed by atoms with Crippen molar-refractivity contribution in [2.45, 2.75) is 72.3 Å². The monoisotopic (exact) mass is 499 g/mol. The summed E-state index contributed by atoms with van der Waals surface area (Å²) < 4.78 is 6.76. The zero-order valence-corrected chi connectivity index (χ0v) is 21.4. The maximum absolute atomic E-state index is 13.4. The van der Waals surface area contributed by atoms with E-state index >= 15 is 0 Å². The number of carbonyl (C=O) groups is 2. The summed E-state index contributed by atoms with van der Waals surface area (Å²) in [7, 11) is 0. The van der Waals surface area contributed by atoms with Gasteiger partial charge in [-0.15, -0.1) is 22.7 Å². The van der Waals surface area contributed by atoms with E-state index in [2.05, 4.69) is 17.2 Å². The van der Waals surface area contributed by atoms with Crippen molar-refractivity contribution in [1.29, 1.82) is 0 Å². The smallest absolute Gasteiger partial charge is 0.341 e. The van der Waals surface area contributed by atoms with Crippen LogP contribution in [-0.2, 0) is 41.8 Å². The fraction of sp³-hybridized carbons (Fsp3) is 0.520. The number of hydrogen-bond acceptors (Lipinski definition) is 7. The van der Waals surface area contributed by atoms with Gasteiger partial charge in [0.25, 0.3) is 5.56 Å². The van der Waals surface area contributed by atoms with Gasteiger partial charge in [-0.05, 0) is 75.8 Å². The van der Waals surface area contributed by atoms with E-state index in [4.69, 9.17) is 4.74 Å². The summed E-state index contributed by atoms with van der Waals surface area (Å²) >= 11 is 3.06. The minimum absolute atomic E-state index is 0.139. The minimum Gasteiger partial charge on any atom is -0.462 e. The van der Waals surface area contributed by atoms with Crippen LogP contribution in [0.2, 0.25) is 0 Å². The third-order valence-corrected chi connectivity index (χ3v) is 9.17. The summed E-state index contributed by atoms with van der Waals surface area (Å²) in [5, 5.41) is 4.12. The Kier molecular flexibility index (Phi) is 6.33. The normalized spacial score (nSPS) is 17.3. The van der Waals surface area contributed by atoms with Crippen molar-refractivity contribution in [1.82, 2.24) is 9.55 Å². The van der Waals surface area contributed by atoms with E-state index in [0.717, 1.165) is 65.8 Å². The van der Waals surface area contributed by atoms with Crippen LogP contribution in [0.3, 0.4) is 0 Å². The molecule has 0 saturated carbocycles. The molecule has 1 amide bonds. The van der Waals surface area contributed by atoms with Crippen molar-refractivity contribution in [3.05, 3.63) is 42.6 Å². The van der Waals surface area contributed by atoms with E-state index in [9.17, 15) is 14.4 Å². The second-order valence-electron chi connectivity index (χ2n) is 9.27. The zero-order valence-electron chi connectivity index (χ0n) is 19.8. The number of nitrogens with zero attached hydrogens (tertiary/aromatic N) is 2. The number of rotatable bonds is 5. The van der Waals surface area contributed by atoms with Gasteiger partial charge in [-0.1, -0.05) is 6.92 Å². The molecule has 0 bridgehead atoms. The molecule has 0 aliphatic heterocycles. The summed E-state index contributed by atoms with van der Waals surface area (Å²) in [6.07, 6.45) is 6.81. The SMILES string of the molecule is CCOC(=O)c1c(NC(=O)Cn2c(C)nc3sc4c(c3c2=O)CCCC4)sc2c1CCC(C)C2. The quantitative estimate of drug-likeness (QED) is 0.516. The molecule has 3 aromatic rings. The van der Waals surface area contributed by atoms with Crippen molar-refractivity contribution in [3.63, 3.8) is 0 Å². The van der Waals surface area contributed by atoms with Crippen molar-refractivity contribution >= 4 is 49.8 Å². The first-order valence-electron chi connectivity index (χ1n) is 12.0. The van der Waals surface area contributed by atoms with Crippen LogP contribution in [0.25, 0.3) is 10.2 Å². The van der Waals surface area contributed by atoms with Crippen LogP contribution in [0.1, 0.15) is 70.2 Å². The standard InChI is InChI=1S/C25H29N3O4S2/c1-4-32-25(31)21-16-10-9-13(2)11-18(16)34-23(21)27-19(29)12-28-14(3)26-22-20(24(28)30)15-7-5-6-8-17(15)33-22/h13H,4-12H2,1-3H3,(H,27,29). The van der Waals surface area contributed by atoms with Gasteiger partial charge in [-0.25, -0.2) is 9.78 Å². The molecule has 1 unspecified atom stereocenters. The van der Waals surface area contributed by atoms with E-state index in [0.29, 0.717) is 27.7 Å². The lowest BCUT2D eigenvalue weighted by Gasteiger charge is -2.18. The Balaban J connectivity index is 1.46. The van der Waals surface area contributed by atoms with Gasteiger partial charge in [0.05, 0.1) is 17.6 Å². The molecular weight excluding hydrogens is 470 g/mol. The summed E-state index contributed by atoms with van der Waals surface area (Å²) in [6, 6.07) is 0. The highest BCUT2D eigenvalue weighted by molar-refractivity contribution is 7.18. The number of amides is 1. The Bertz CT molecular complexity index is 1350. The van der Waals surface area contributed by atoms with E-state index in [1.54, 1.807) is 25.2 Å². The number of carbonyl (C=O) groups excluding carboxylic acids is 2. The van der Waals surface area contributed by atoms with Crippen molar-refractivity contribution in [2.24, 2.45) is 5.92 Å². The second-order valence-corrected chi connectivity index (χ2v) is 11.5. The van der Waals surface area contributed by atoms with Gasteiger partial charge >= 0.3 is 5.97 Å². The Morgan fingerprint density at radius 1 is 1.15 bits per heavy atom. The third-order valence-electron chi connectivity index (χ3n) is 6.81. The number of esters is 1. The third kappa shape index (κ3) is 4.09. The lowest BCUT2D eigenvalue weighted by atomic mass is 9.88. The highest BCUT2D eigenvalue weighted by Gasteiger charge is 2.29. The first kappa shape index (κ1) is 23.2. The van der Waals surface area contributed by atoms with Crippen LogP contribution in [0, 0.1) is 12.8 Å². The first-order chi connectivity index (χ1) is 16.4. The van der Waals surface area contributed by atoms with Crippen LogP contribution < -0.4 is 10.9 Å². The van der Waals surface area contributed by atoms with Gasteiger partial charge in [-0.2, -0.15) is 0 Å². The van der Waals surface area contributed by atoms with Crippen LogP contribution in [0.15, 0.2) is 4.79 Å². The molecule has 0 fully saturated rings. The lowest BCUT2D eigenvalue weighted by Crippen LogP contribution is -2.30. The molecule has 0 aromatic carbocycles. The van der Waals surface area contributed by atoms with Crippen LogP contribution >= 0.6 is 22.7 Å². The van der Waals surface area contributed by atoms with Crippen LogP contribution in [0.5, 0.6) is 0 Å². The molecule has 0 saturated heterocycles. The average molecular weight is 500 g/mol. The number of nitrogens with one attached hydrogen (secondary N) is 1. The highest BCUT2D eigenvalue weighted by Crippen LogP contribution is 2.40. The molecule has 1 atom stereocenters. The van der Waals surface area contributed by atoms with Gasteiger partial charge in [-0.3, -0.25) is 14.2 Å². The van der Waals surface area contributed by atoms with Crippen LogP contribution in [-0.4, -0.2) is 28.0 Å². The predicted molar refractivity (Wildman–Crippen MR) is 135 cm³/mol. The van der Waals surface area contributed by atoms with Crippen molar-refractivity contribution in [2.75, 3.05) is 11.9 Å². The summed E-state index contributed by atoms with van der Waals surface area (Å²) in [4.78, 5) is 47.1. The molecular formula is C25H29N3O4S2. The number of thiophene rings is 2. The molecule has 9 heteroatoms. The van der Waals surface area contributed by atoms with E-state index in [1.807, 2.05) is 0 Å². The molecule has 3 aromatic heterocycles. The topological polar surface area (TPSA) is 90.3 Å². The fourth-order valence-corrected chi connectivity index (χ4v) is 7.81. The Hall–Kier alpha value is -2.52. The number of fused-ring (bicyclic) bond motifs is 4. The Labute approximate surface area is 206 Å². The zero-order chi connectivity index (χ0) is 24.0. The molecule has 0 radical (unpaired) electrons. The molecule has 5 rings (SSSR count). The van der Waals surface area contributed by atoms with Crippen molar-refractivity contribution in [3.8, 4) is 0 Å². The summed E-state index contributed by atoms with van der Waals surface area (Å²) in [5.74, 6) is 0.329. The van der Waals surface area contributed by atoms with Crippen molar-refractivity contribution < 1.29 is 14.3 Å². The van der Waals surface area contributed by atoms with Gasteiger partial charge < -0.3 is 10.1 Å². The Morgan fingerprint density at radius 3 is 2.74 bits per heavy atom. The fourth-order valence-electron chi connectivity index (χ4n) is 5.09. The van der Waals surface area contributed by atoms with Gasteiger partial charge in [0, 0.05) is 9.75 Å². The van der Waals surface area contributed by atoms with Gasteiger partial charge in [0.15, 0.2) is 0 Å².